The van der Waals surface area contributed by atoms with E-state index in [9.17, 15) is 12.8 Å². The van der Waals surface area contributed by atoms with Crippen LogP contribution in [0.15, 0.2) is 62.9 Å². The first-order valence-corrected chi connectivity index (χ1v) is 10.9. The minimum absolute atomic E-state index is 0.0305. The quantitative estimate of drug-likeness (QED) is 0.577. The highest BCUT2D eigenvalue weighted by atomic mass is 32.2. The van der Waals surface area contributed by atoms with Gasteiger partial charge in [0.2, 0.25) is 26.6 Å². The summed E-state index contributed by atoms with van der Waals surface area (Å²) >= 11 is 0. The molecule has 0 unspecified atom stereocenters. The Morgan fingerprint density at radius 1 is 1.03 bits per heavy atom. The molecule has 0 bridgehead atoms. The number of halogens is 1. The van der Waals surface area contributed by atoms with Crippen molar-refractivity contribution in [2.45, 2.75) is 29.2 Å². The molecule has 8 heteroatoms. The zero-order valence-corrected chi connectivity index (χ0v) is 16.8. The zero-order valence-electron chi connectivity index (χ0n) is 16.0. The van der Waals surface area contributed by atoms with Crippen molar-refractivity contribution < 1.29 is 22.0 Å². The summed E-state index contributed by atoms with van der Waals surface area (Å²) in [5.74, 6) is 0.415. The van der Waals surface area contributed by atoms with Crippen LogP contribution < -0.4 is 9.64 Å². The number of ether oxygens (including phenoxy) is 1. The summed E-state index contributed by atoms with van der Waals surface area (Å²) in [5.41, 5.74) is 0.564. The summed E-state index contributed by atoms with van der Waals surface area (Å²) in [6, 6.07) is 11.9. The van der Waals surface area contributed by atoms with Crippen molar-refractivity contribution in [3.8, 4) is 17.2 Å². The van der Waals surface area contributed by atoms with E-state index in [1.54, 1.807) is 18.2 Å². The van der Waals surface area contributed by atoms with Crippen LogP contribution in [0.4, 0.5) is 10.3 Å². The highest BCUT2D eigenvalue weighted by molar-refractivity contribution is 7.91. The van der Waals surface area contributed by atoms with Crippen molar-refractivity contribution in [3.05, 3.63) is 54.3 Å². The predicted molar refractivity (Wildman–Crippen MR) is 106 cm³/mol. The molecule has 0 radical (unpaired) electrons. The van der Waals surface area contributed by atoms with Gasteiger partial charge in [-0.25, -0.2) is 12.8 Å². The Kier molecular flexibility index (Phi) is 5.27. The summed E-state index contributed by atoms with van der Waals surface area (Å²) in [7, 11) is -2.47. The van der Waals surface area contributed by atoms with Crippen LogP contribution in [0.3, 0.4) is 0 Å². The lowest BCUT2D eigenvalue weighted by Gasteiger charge is -2.26. The summed E-state index contributed by atoms with van der Waals surface area (Å²) in [6.45, 7) is 1.37. The highest BCUT2D eigenvalue weighted by Gasteiger charge is 2.32. The number of nitrogens with zero attached hydrogens (tertiary/aromatic N) is 2. The summed E-state index contributed by atoms with van der Waals surface area (Å²) in [4.78, 5) is 6.24. The molecule has 3 aromatic rings. The molecule has 1 aliphatic rings. The topological polar surface area (TPSA) is 72.6 Å². The molecule has 0 N–H and O–H groups in total. The average Bonchev–Trinajstić information content (AvgIpc) is 3.21. The van der Waals surface area contributed by atoms with E-state index in [1.165, 1.54) is 19.2 Å². The van der Waals surface area contributed by atoms with Gasteiger partial charge in [0, 0.05) is 13.1 Å². The van der Waals surface area contributed by atoms with Gasteiger partial charge < -0.3 is 14.1 Å². The van der Waals surface area contributed by atoms with Gasteiger partial charge in [-0.05, 0) is 55.7 Å². The van der Waals surface area contributed by atoms with Gasteiger partial charge in [0.15, 0.2) is 0 Å². The highest BCUT2D eigenvalue weighted by Crippen LogP contribution is 2.38. The second kappa shape index (κ2) is 7.87. The molecular weight excluding hydrogens is 395 g/mol. The van der Waals surface area contributed by atoms with E-state index >= 15 is 0 Å². The van der Waals surface area contributed by atoms with Gasteiger partial charge in [0.05, 0.1) is 17.6 Å². The number of rotatable bonds is 5. The molecule has 6 nitrogen and oxygen atoms in total. The molecule has 0 saturated carbocycles. The number of hydrogen-bond acceptors (Lipinski definition) is 6. The molecule has 152 valence electrons. The molecule has 0 spiro atoms. The Morgan fingerprint density at radius 3 is 2.41 bits per heavy atom. The van der Waals surface area contributed by atoms with E-state index in [1.807, 2.05) is 11.0 Å². The van der Waals surface area contributed by atoms with E-state index in [0.29, 0.717) is 24.4 Å². The number of methoxy groups -OCH3 is 1. The second-order valence-electron chi connectivity index (χ2n) is 6.83. The van der Waals surface area contributed by atoms with Crippen LogP contribution >= 0.6 is 0 Å². The van der Waals surface area contributed by atoms with Crippen LogP contribution in [0.2, 0.25) is 0 Å². The first-order chi connectivity index (χ1) is 14.0. The zero-order chi connectivity index (χ0) is 20.4. The Balaban J connectivity index is 1.87. The molecule has 1 fully saturated rings. The van der Waals surface area contributed by atoms with E-state index < -0.39 is 15.7 Å². The molecule has 1 saturated heterocycles. The van der Waals surface area contributed by atoms with Crippen LogP contribution in [-0.2, 0) is 9.84 Å². The molecule has 29 heavy (non-hydrogen) atoms. The van der Waals surface area contributed by atoms with Gasteiger partial charge >= 0.3 is 0 Å². The fourth-order valence-electron chi connectivity index (χ4n) is 3.43. The van der Waals surface area contributed by atoms with Crippen LogP contribution in [0, 0.1) is 5.82 Å². The smallest absolute Gasteiger partial charge is 0.236 e. The maximum atomic E-state index is 13.3. The summed E-state index contributed by atoms with van der Waals surface area (Å²) in [6.07, 6.45) is 2.98. The standard InChI is InChI=1S/C21H21FN2O4S/c1-27-18-8-4-3-7-17(18)19-23-20(21(28-19)24-13-5-2-6-14-24)29(25,26)16-11-9-15(22)10-12-16/h3-4,7-12H,2,5-6,13-14H2,1H3. The number of sulfone groups is 1. The fourth-order valence-corrected chi connectivity index (χ4v) is 4.75. The molecule has 0 aliphatic carbocycles. The molecule has 2 aromatic carbocycles. The normalized spacial score (nSPS) is 14.8. The van der Waals surface area contributed by atoms with Gasteiger partial charge in [-0.3, -0.25) is 0 Å². The van der Waals surface area contributed by atoms with E-state index in [0.717, 1.165) is 31.4 Å². The van der Waals surface area contributed by atoms with Crippen LogP contribution in [0.1, 0.15) is 19.3 Å². The third kappa shape index (κ3) is 3.72. The maximum absolute atomic E-state index is 13.3. The molecule has 2 heterocycles. The minimum atomic E-state index is -4.00. The average molecular weight is 416 g/mol. The summed E-state index contributed by atoms with van der Waals surface area (Å²) < 4.78 is 51.3. The third-order valence-corrected chi connectivity index (χ3v) is 6.61. The van der Waals surface area contributed by atoms with Crippen molar-refractivity contribution in [1.82, 2.24) is 4.98 Å². The van der Waals surface area contributed by atoms with Crippen molar-refractivity contribution in [2.24, 2.45) is 0 Å². The maximum Gasteiger partial charge on any atom is 0.236 e. The number of para-hydroxylation sites is 1. The Hall–Kier alpha value is -2.87. The first-order valence-electron chi connectivity index (χ1n) is 9.40. The lowest BCUT2D eigenvalue weighted by molar-refractivity contribution is 0.414. The first kappa shape index (κ1) is 19.4. The van der Waals surface area contributed by atoms with Gasteiger partial charge in [0.25, 0.3) is 0 Å². The largest absolute Gasteiger partial charge is 0.496 e. The van der Waals surface area contributed by atoms with Gasteiger partial charge in [-0.1, -0.05) is 12.1 Å². The van der Waals surface area contributed by atoms with E-state index in [4.69, 9.17) is 9.15 Å². The fraction of sp³-hybridized carbons (Fsp3) is 0.286. The van der Waals surface area contributed by atoms with Crippen molar-refractivity contribution in [3.63, 3.8) is 0 Å². The van der Waals surface area contributed by atoms with Crippen LogP contribution in [-0.4, -0.2) is 33.6 Å². The molecule has 0 atom stereocenters. The van der Waals surface area contributed by atoms with Crippen LogP contribution in [0.25, 0.3) is 11.5 Å². The predicted octanol–water partition coefficient (Wildman–Crippen LogP) is 4.31. The Labute approximate surface area is 168 Å². The van der Waals surface area contributed by atoms with Crippen molar-refractivity contribution >= 4 is 15.7 Å². The van der Waals surface area contributed by atoms with Crippen molar-refractivity contribution in [1.29, 1.82) is 0 Å². The van der Waals surface area contributed by atoms with Gasteiger partial charge in [-0.2, -0.15) is 4.98 Å². The third-order valence-electron chi connectivity index (χ3n) is 4.94. The van der Waals surface area contributed by atoms with Crippen LogP contribution in [0.5, 0.6) is 5.75 Å². The van der Waals surface area contributed by atoms with E-state index in [2.05, 4.69) is 4.98 Å². The number of hydrogen-bond donors (Lipinski definition) is 0. The lowest BCUT2D eigenvalue weighted by Crippen LogP contribution is -2.30. The Bertz CT molecular complexity index is 1100. The second-order valence-corrected chi connectivity index (χ2v) is 8.70. The number of piperidine rings is 1. The minimum Gasteiger partial charge on any atom is -0.496 e. The number of oxazole rings is 1. The molecule has 4 rings (SSSR count). The number of anilines is 1. The summed E-state index contributed by atoms with van der Waals surface area (Å²) in [5, 5.41) is -0.160. The molecule has 0 amide bonds. The van der Waals surface area contributed by atoms with Crippen molar-refractivity contribution in [2.75, 3.05) is 25.1 Å². The van der Waals surface area contributed by atoms with E-state index in [-0.39, 0.29) is 21.7 Å². The molecule has 1 aliphatic heterocycles. The number of aromatic nitrogens is 1. The SMILES string of the molecule is COc1ccccc1-c1nc(S(=O)(=O)c2ccc(F)cc2)c(N2CCCCC2)o1. The Morgan fingerprint density at radius 2 is 1.72 bits per heavy atom. The molecule has 1 aromatic heterocycles. The monoisotopic (exact) mass is 416 g/mol. The van der Waals surface area contributed by atoms with Gasteiger partial charge in [0.1, 0.15) is 11.6 Å². The lowest BCUT2D eigenvalue weighted by atomic mass is 10.1. The molecular formula is C21H21FN2O4S. The number of benzene rings is 2. The van der Waals surface area contributed by atoms with Gasteiger partial charge in [-0.15, -0.1) is 0 Å².